The molecule has 0 aromatic heterocycles. The van der Waals surface area contributed by atoms with Gasteiger partial charge in [0.15, 0.2) is 5.78 Å². The Balaban J connectivity index is 1.64. The number of rotatable bonds is 4. The summed E-state index contributed by atoms with van der Waals surface area (Å²) in [7, 11) is 0. The Morgan fingerprint density at radius 1 is 1.07 bits per heavy atom. The summed E-state index contributed by atoms with van der Waals surface area (Å²) in [5.74, 6) is -2.42. The second-order valence-corrected chi connectivity index (χ2v) is 7.55. The highest BCUT2D eigenvalue weighted by molar-refractivity contribution is 6.15. The summed E-state index contributed by atoms with van der Waals surface area (Å²) in [6.45, 7) is 1.01. The lowest BCUT2D eigenvalue weighted by Gasteiger charge is -2.33. The van der Waals surface area contributed by atoms with E-state index in [4.69, 9.17) is 4.74 Å². The van der Waals surface area contributed by atoms with Crippen molar-refractivity contribution in [2.45, 2.75) is 6.42 Å². The maximum absolute atomic E-state index is 13.2. The quantitative estimate of drug-likeness (QED) is 0.802. The van der Waals surface area contributed by atoms with E-state index in [0.717, 1.165) is 0 Å². The number of carbonyl (C=O) groups excluding carboxylic acids is 2. The highest BCUT2D eigenvalue weighted by atomic mass is 19.1. The van der Waals surface area contributed by atoms with Gasteiger partial charge in [-0.05, 0) is 36.8 Å². The Morgan fingerprint density at radius 2 is 1.76 bits per heavy atom. The van der Waals surface area contributed by atoms with Crippen LogP contribution in [-0.4, -0.2) is 54.0 Å². The van der Waals surface area contributed by atoms with Crippen molar-refractivity contribution in [3.8, 4) is 0 Å². The Bertz CT molecular complexity index is 973. The third-order valence-electron chi connectivity index (χ3n) is 5.93. The summed E-state index contributed by atoms with van der Waals surface area (Å²) < 4.78 is 18.6. The van der Waals surface area contributed by atoms with Gasteiger partial charge in [-0.15, -0.1) is 0 Å². The molecule has 2 atom stereocenters. The molecule has 1 N–H and O–H groups in total. The molecule has 2 heterocycles. The fraction of sp³-hybridized carbons (Fsp3) is 0.318. The first-order valence-electron chi connectivity index (χ1n) is 9.42. The first kappa shape index (κ1) is 19.3. The number of hydrogen-bond donors (Lipinski definition) is 1. The van der Waals surface area contributed by atoms with E-state index < -0.39 is 17.2 Å². The average Bonchev–Trinajstić information content (AvgIpc) is 3.14. The number of amides is 1. The third kappa shape index (κ3) is 3.31. The Hall–Kier alpha value is -3.06. The van der Waals surface area contributed by atoms with E-state index in [-0.39, 0.29) is 47.4 Å². The van der Waals surface area contributed by atoms with Gasteiger partial charge in [-0.2, -0.15) is 0 Å². The van der Waals surface area contributed by atoms with Crippen LogP contribution in [0.3, 0.4) is 0 Å². The van der Waals surface area contributed by atoms with Crippen LogP contribution in [0.1, 0.15) is 32.7 Å². The van der Waals surface area contributed by atoms with Gasteiger partial charge in [0, 0.05) is 36.7 Å². The van der Waals surface area contributed by atoms with Gasteiger partial charge in [0.1, 0.15) is 5.82 Å². The number of likely N-dealkylation sites (tertiary alicyclic amines) is 1. The molecule has 2 fully saturated rings. The zero-order valence-electron chi connectivity index (χ0n) is 15.6. The fourth-order valence-corrected chi connectivity index (χ4v) is 4.25. The number of carboxylic acids is 1. The molecular weight excluding hydrogens is 377 g/mol. The van der Waals surface area contributed by atoms with Gasteiger partial charge in [-0.1, -0.05) is 18.2 Å². The van der Waals surface area contributed by atoms with Crippen molar-refractivity contribution in [3.63, 3.8) is 0 Å². The molecule has 1 amide bonds. The fourth-order valence-electron chi connectivity index (χ4n) is 4.25. The lowest BCUT2D eigenvalue weighted by atomic mass is 9.74. The average molecular weight is 397 g/mol. The molecule has 0 radical (unpaired) electrons. The summed E-state index contributed by atoms with van der Waals surface area (Å²) in [6.07, 6.45) is 0.354. The zero-order valence-corrected chi connectivity index (χ0v) is 15.6. The number of aliphatic carboxylic acids is 1. The van der Waals surface area contributed by atoms with Gasteiger partial charge in [0.25, 0.3) is 5.91 Å². The molecule has 2 saturated heterocycles. The van der Waals surface area contributed by atoms with Gasteiger partial charge in [0.05, 0.1) is 17.6 Å². The summed E-state index contributed by atoms with van der Waals surface area (Å²) >= 11 is 0. The first-order chi connectivity index (χ1) is 13.9. The minimum Gasteiger partial charge on any atom is -0.481 e. The molecule has 2 aromatic carbocycles. The van der Waals surface area contributed by atoms with Gasteiger partial charge < -0.3 is 14.7 Å². The van der Waals surface area contributed by atoms with E-state index in [1.807, 2.05) is 0 Å². The number of fused-ring (bicyclic) bond motifs is 1. The van der Waals surface area contributed by atoms with E-state index in [0.29, 0.717) is 19.6 Å². The molecule has 2 aliphatic rings. The van der Waals surface area contributed by atoms with Crippen LogP contribution in [0.2, 0.25) is 0 Å². The number of halogens is 1. The highest BCUT2D eigenvalue weighted by Crippen LogP contribution is 2.43. The van der Waals surface area contributed by atoms with Crippen LogP contribution in [0.25, 0.3) is 0 Å². The Kier molecular flexibility index (Phi) is 4.92. The van der Waals surface area contributed by atoms with Crippen molar-refractivity contribution >= 4 is 17.7 Å². The number of nitrogens with zero attached hydrogens (tertiary/aromatic N) is 1. The van der Waals surface area contributed by atoms with Crippen LogP contribution in [0, 0.1) is 17.2 Å². The highest BCUT2D eigenvalue weighted by Gasteiger charge is 2.55. The number of carbonyl (C=O) groups is 3. The molecule has 2 aliphatic heterocycles. The van der Waals surface area contributed by atoms with Gasteiger partial charge in [-0.25, -0.2) is 4.39 Å². The molecule has 0 aliphatic carbocycles. The van der Waals surface area contributed by atoms with Crippen LogP contribution >= 0.6 is 0 Å². The van der Waals surface area contributed by atoms with Crippen molar-refractivity contribution in [2.75, 3.05) is 26.3 Å². The smallest absolute Gasteiger partial charge is 0.311 e. The van der Waals surface area contributed by atoms with E-state index in [2.05, 4.69) is 0 Å². The molecule has 4 rings (SSSR count). The lowest BCUT2D eigenvalue weighted by Crippen LogP contribution is -2.45. The number of benzene rings is 2. The molecule has 0 unspecified atom stereocenters. The summed E-state index contributed by atoms with van der Waals surface area (Å²) in [4.78, 5) is 39.6. The van der Waals surface area contributed by atoms with Crippen molar-refractivity contribution in [1.29, 1.82) is 0 Å². The van der Waals surface area contributed by atoms with Gasteiger partial charge >= 0.3 is 5.97 Å². The van der Waals surface area contributed by atoms with E-state index in [1.54, 1.807) is 24.3 Å². The molecule has 29 heavy (non-hydrogen) atoms. The standard InChI is InChI=1S/C22H20FNO5/c23-16-7-5-14(6-8-16)19(25)17-3-1-2-4-18(17)20(26)24-11-15-12-29-10-9-22(15,13-24)21(27)28/h1-8,15H,9-13H2,(H,27,28)/t15-,22+/m0/s1. The summed E-state index contributed by atoms with van der Waals surface area (Å²) in [5, 5.41) is 9.80. The number of ketones is 1. The van der Waals surface area contributed by atoms with Gasteiger partial charge in [-0.3, -0.25) is 14.4 Å². The number of carboxylic acid groups (broad SMARTS) is 1. The van der Waals surface area contributed by atoms with Crippen LogP contribution in [-0.2, 0) is 9.53 Å². The van der Waals surface area contributed by atoms with E-state index in [1.165, 1.54) is 29.2 Å². The minimum absolute atomic E-state index is 0.0915. The van der Waals surface area contributed by atoms with Crippen LogP contribution in [0.5, 0.6) is 0 Å². The third-order valence-corrected chi connectivity index (χ3v) is 5.93. The molecule has 2 aromatic rings. The summed E-state index contributed by atoms with van der Waals surface area (Å²) in [5.41, 5.74) is -0.317. The maximum atomic E-state index is 13.2. The maximum Gasteiger partial charge on any atom is 0.311 e. The number of hydrogen-bond acceptors (Lipinski definition) is 4. The molecule has 0 bridgehead atoms. The lowest BCUT2D eigenvalue weighted by molar-refractivity contribution is -0.157. The van der Waals surface area contributed by atoms with Crippen LogP contribution < -0.4 is 0 Å². The van der Waals surface area contributed by atoms with Crippen molar-refractivity contribution in [1.82, 2.24) is 4.90 Å². The molecule has 7 heteroatoms. The predicted molar refractivity (Wildman–Crippen MR) is 101 cm³/mol. The van der Waals surface area contributed by atoms with E-state index >= 15 is 0 Å². The monoisotopic (exact) mass is 397 g/mol. The molecular formula is C22H20FNO5. The van der Waals surface area contributed by atoms with Crippen molar-refractivity contribution < 1.29 is 28.6 Å². The zero-order chi connectivity index (χ0) is 20.6. The van der Waals surface area contributed by atoms with Crippen molar-refractivity contribution in [3.05, 3.63) is 71.0 Å². The van der Waals surface area contributed by atoms with Crippen molar-refractivity contribution in [2.24, 2.45) is 11.3 Å². The second-order valence-electron chi connectivity index (χ2n) is 7.55. The Morgan fingerprint density at radius 3 is 2.41 bits per heavy atom. The predicted octanol–water partition coefficient (Wildman–Crippen LogP) is 2.62. The minimum atomic E-state index is -1.01. The normalized spacial score (nSPS) is 23.5. The number of ether oxygens (including phenoxy) is 1. The second kappa shape index (κ2) is 7.40. The van der Waals surface area contributed by atoms with Crippen LogP contribution in [0.15, 0.2) is 48.5 Å². The topological polar surface area (TPSA) is 83.9 Å². The Labute approximate surface area is 166 Å². The van der Waals surface area contributed by atoms with E-state index in [9.17, 15) is 23.9 Å². The van der Waals surface area contributed by atoms with Crippen LogP contribution in [0.4, 0.5) is 4.39 Å². The first-order valence-corrected chi connectivity index (χ1v) is 9.42. The molecule has 150 valence electrons. The molecule has 0 saturated carbocycles. The largest absolute Gasteiger partial charge is 0.481 e. The SMILES string of the molecule is O=C(c1ccc(F)cc1)c1ccccc1C(=O)N1C[C@H]2COCC[C@@]2(C(=O)O)C1. The summed E-state index contributed by atoms with van der Waals surface area (Å²) in [6, 6.07) is 11.6. The van der Waals surface area contributed by atoms with Gasteiger partial charge in [0.2, 0.25) is 0 Å². The molecule has 0 spiro atoms. The molecule has 6 nitrogen and oxygen atoms in total.